The Morgan fingerprint density at radius 1 is 1.47 bits per heavy atom. The molecule has 0 spiro atoms. The van der Waals surface area contributed by atoms with Crippen molar-refractivity contribution < 1.29 is 19.7 Å². The second-order valence-electron chi connectivity index (χ2n) is 4.57. The topological polar surface area (TPSA) is 105 Å². The number of carbonyl (C=O) groups is 1. The van der Waals surface area contributed by atoms with E-state index in [4.69, 9.17) is 15.6 Å². The Morgan fingerprint density at radius 3 is 2.79 bits per heavy atom. The maximum Gasteiger partial charge on any atom is 0.223 e. The predicted octanol–water partition coefficient (Wildman–Crippen LogP) is -0.103. The molecule has 0 heterocycles. The smallest absolute Gasteiger partial charge is 0.223 e. The number of hydrogen-bond donors (Lipinski definition) is 4. The molecule has 1 unspecified atom stereocenters. The quantitative estimate of drug-likeness (QED) is 0.517. The molecule has 1 amide bonds. The monoisotopic (exact) mass is 268 g/mol. The number of benzene rings is 1. The van der Waals surface area contributed by atoms with E-state index in [9.17, 15) is 9.90 Å². The Hall–Kier alpha value is -1.79. The fraction of sp³-hybridized carbons (Fsp3) is 0.462. The van der Waals surface area contributed by atoms with Crippen LogP contribution in [0.15, 0.2) is 24.3 Å². The standard InChI is InChI=1S/C13H20N2O4/c1-13(18,9-16)8-15-12(17)6-7-19-11-5-3-2-4-10(11)14/h2-5,16,18H,6-9,14H2,1H3,(H,15,17). The van der Waals surface area contributed by atoms with E-state index >= 15 is 0 Å². The average Bonchev–Trinajstić information content (AvgIpc) is 2.39. The first kappa shape index (κ1) is 15.3. The van der Waals surface area contributed by atoms with E-state index < -0.39 is 12.2 Å². The zero-order valence-corrected chi connectivity index (χ0v) is 10.9. The van der Waals surface area contributed by atoms with Crippen LogP contribution in [0.2, 0.25) is 0 Å². The molecular weight excluding hydrogens is 248 g/mol. The van der Waals surface area contributed by atoms with Gasteiger partial charge in [-0.25, -0.2) is 0 Å². The Kier molecular flexibility index (Phi) is 5.59. The Morgan fingerprint density at radius 2 is 2.16 bits per heavy atom. The molecule has 0 aliphatic carbocycles. The number of amides is 1. The minimum Gasteiger partial charge on any atom is -0.491 e. The number of nitrogens with two attached hydrogens (primary N) is 1. The van der Waals surface area contributed by atoms with Crippen LogP contribution in [0.4, 0.5) is 5.69 Å². The fourth-order valence-corrected chi connectivity index (χ4v) is 1.30. The van der Waals surface area contributed by atoms with Crippen LogP contribution in [0.3, 0.4) is 0 Å². The summed E-state index contributed by atoms with van der Waals surface area (Å²) in [5, 5.41) is 20.8. The highest BCUT2D eigenvalue weighted by Crippen LogP contribution is 2.19. The summed E-state index contributed by atoms with van der Waals surface area (Å²) in [6.45, 7) is 1.22. The minimum atomic E-state index is -1.31. The third-order valence-electron chi connectivity index (χ3n) is 2.51. The SMILES string of the molecule is CC(O)(CO)CNC(=O)CCOc1ccccc1N. The van der Waals surface area contributed by atoms with Crippen molar-refractivity contribution in [2.75, 3.05) is 25.5 Å². The van der Waals surface area contributed by atoms with E-state index in [1.807, 2.05) is 0 Å². The maximum atomic E-state index is 11.5. The minimum absolute atomic E-state index is 0.00416. The lowest BCUT2D eigenvalue weighted by molar-refractivity contribution is -0.123. The van der Waals surface area contributed by atoms with Gasteiger partial charge >= 0.3 is 0 Å². The molecular formula is C13H20N2O4. The van der Waals surface area contributed by atoms with Gasteiger partial charge < -0.3 is 26.0 Å². The number of nitrogens with one attached hydrogen (secondary N) is 1. The van der Waals surface area contributed by atoms with Crippen molar-refractivity contribution >= 4 is 11.6 Å². The second-order valence-corrected chi connectivity index (χ2v) is 4.57. The van der Waals surface area contributed by atoms with Crippen LogP contribution in [-0.2, 0) is 4.79 Å². The Balaban J connectivity index is 2.26. The van der Waals surface area contributed by atoms with Gasteiger partial charge in [0, 0.05) is 6.54 Å². The van der Waals surface area contributed by atoms with E-state index in [0.717, 1.165) is 0 Å². The third kappa shape index (κ3) is 5.58. The summed E-state index contributed by atoms with van der Waals surface area (Å²) < 4.78 is 5.37. The van der Waals surface area contributed by atoms with Crippen LogP contribution in [0.5, 0.6) is 5.75 Å². The van der Waals surface area contributed by atoms with Gasteiger partial charge in [0.2, 0.25) is 5.91 Å². The van der Waals surface area contributed by atoms with Crippen LogP contribution >= 0.6 is 0 Å². The van der Waals surface area contributed by atoms with Crippen LogP contribution in [0.25, 0.3) is 0 Å². The van der Waals surface area contributed by atoms with Gasteiger partial charge in [0.15, 0.2) is 0 Å². The summed E-state index contributed by atoms with van der Waals surface area (Å²) >= 11 is 0. The molecule has 5 N–H and O–H groups in total. The van der Waals surface area contributed by atoms with Crippen molar-refractivity contribution in [1.29, 1.82) is 0 Å². The summed E-state index contributed by atoms with van der Waals surface area (Å²) in [4.78, 5) is 11.5. The molecule has 6 heteroatoms. The number of para-hydroxylation sites is 2. The van der Waals surface area contributed by atoms with Gasteiger partial charge in [-0.1, -0.05) is 12.1 Å². The molecule has 19 heavy (non-hydrogen) atoms. The van der Waals surface area contributed by atoms with E-state index in [0.29, 0.717) is 11.4 Å². The van der Waals surface area contributed by atoms with E-state index in [-0.39, 0.29) is 25.5 Å². The van der Waals surface area contributed by atoms with Gasteiger partial charge in [-0.15, -0.1) is 0 Å². The predicted molar refractivity (Wildman–Crippen MR) is 71.7 cm³/mol. The summed E-state index contributed by atoms with van der Waals surface area (Å²) in [6, 6.07) is 7.04. The molecule has 6 nitrogen and oxygen atoms in total. The van der Waals surface area contributed by atoms with Gasteiger partial charge in [-0.2, -0.15) is 0 Å². The molecule has 1 atom stereocenters. The number of hydrogen-bond acceptors (Lipinski definition) is 5. The van der Waals surface area contributed by atoms with Crippen LogP contribution in [0, 0.1) is 0 Å². The number of aliphatic hydroxyl groups excluding tert-OH is 1. The lowest BCUT2D eigenvalue weighted by atomic mass is 10.1. The number of rotatable bonds is 7. The molecule has 0 fully saturated rings. The summed E-state index contributed by atoms with van der Waals surface area (Å²) in [5.41, 5.74) is 4.90. The first-order chi connectivity index (χ1) is 8.94. The van der Waals surface area contributed by atoms with Gasteiger partial charge in [0.1, 0.15) is 11.4 Å². The van der Waals surface area contributed by atoms with Crippen molar-refractivity contribution in [2.24, 2.45) is 0 Å². The summed E-state index contributed by atoms with van der Waals surface area (Å²) in [7, 11) is 0. The first-order valence-electron chi connectivity index (χ1n) is 6.02. The second kappa shape index (κ2) is 6.96. The lowest BCUT2D eigenvalue weighted by Gasteiger charge is -2.20. The molecule has 0 saturated carbocycles. The van der Waals surface area contributed by atoms with Crippen molar-refractivity contribution in [1.82, 2.24) is 5.32 Å². The number of ether oxygens (including phenoxy) is 1. The van der Waals surface area contributed by atoms with Crippen LogP contribution < -0.4 is 15.8 Å². The fourth-order valence-electron chi connectivity index (χ4n) is 1.30. The highest BCUT2D eigenvalue weighted by Gasteiger charge is 2.19. The van der Waals surface area contributed by atoms with E-state index in [1.54, 1.807) is 24.3 Å². The largest absolute Gasteiger partial charge is 0.491 e. The molecule has 106 valence electrons. The molecule has 0 aliphatic heterocycles. The van der Waals surface area contributed by atoms with Crippen molar-refractivity contribution in [3.05, 3.63) is 24.3 Å². The van der Waals surface area contributed by atoms with Crippen LogP contribution in [-0.4, -0.2) is 41.5 Å². The van der Waals surface area contributed by atoms with Crippen LogP contribution in [0.1, 0.15) is 13.3 Å². The molecule has 0 bridgehead atoms. The number of nitrogen functional groups attached to an aromatic ring is 1. The molecule has 1 aromatic rings. The lowest BCUT2D eigenvalue weighted by Crippen LogP contribution is -2.43. The highest BCUT2D eigenvalue weighted by atomic mass is 16.5. The molecule has 0 saturated heterocycles. The zero-order chi connectivity index (χ0) is 14.3. The first-order valence-corrected chi connectivity index (χ1v) is 6.02. The maximum absolute atomic E-state index is 11.5. The summed E-state index contributed by atoms with van der Waals surface area (Å²) in [5.74, 6) is 0.279. The van der Waals surface area contributed by atoms with Crippen molar-refractivity contribution in [3.8, 4) is 5.75 Å². The number of anilines is 1. The third-order valence-corrected chi connectivity index (χ3v) is 2.51. The van der Waals surface area contributed by atoms with Gasteiger partial charge in [-0.05, 0) is 19.1 Å². The molecule has 0 aliphatic rings. The summed E-state index contributed by atoms with van der Waals surface area (Å²) in [6.07, 6.45) is 0.149. The van der Waals surface area contributed by atoms with Gasteiger partial charge in [0.05, 0.1) is 25.3 Å². The average molecular weight is 268 g/mol. The van der Waals surface area contributed by atoms with E-state index in [1.165, 1.54) is 6.92 Å². The normalized spacial score (nSPS) is 13.6. The molecule has 1 aromatic carbocycles. The number of carbonyl (C=O) groups excluding carboxylic acids is 1. The Labute approximate surface area is 112 Å². The van der Waals surface area contributed by atoms with Gasteiger partial charge in [0.25, 0.3) is 0 Å². The van der Waals surface area contributed by atoms with Gasteiger partial charge in [-0.3, -0.25) is 4.79 Å². The highest BCUT2D eigenvalue weighted by molar-refractivity contribution is 5.76. The van der Waals surface area contributed by atoms with Crippen molar-refractivity contribution in [2.45, 2.75) is 18.9 Å². The van der Waals surface area contributed by atoms with E-state index in [2.05, 4.69) is 5.32 Å². The molecule has 0 aromatic heterocycles. The van der Waals surface area contributed by atoms with Crippen molar-refractivity contribution in [3.63, 3.8) is 0 Å². The number of aliphatic hydroxyl groups is 2. The molecule has 0 radical (unpaired) electrons. The Bertz CT molecular complexity index is 421. The zero-order valence-electron chi connectivity index (χ0n) is 10.9. The molecule has 1 rings (SSSR count).